The molecule has 0 saturated carbocycles. The van der Waals surface area contributed by atoms with Gasteiger partial charge in [-0.05, 0) is 16.4 Å². The summed E-state index contributed by atoms with van der Waals surface area (Å²) in [4.78, 5) is 10.7. The molecule has 19 heavy (non-hydrogen) atoms. The van der Waals surface area contributed by atoms with Gasteiger partial charge >= 0.3 is 5.69 Å². The molecule has 0 atom stereocenters. The lowest BCUT2D eigenvalue weighted by molar-refractivity contribution is -0.383. The van der Waals surface area contributed by atoms with Crippen LogP contribution in [0.3, 0.4) is 0 Å². The molecule has 11 heteroatoms. The molecule has 0 spiro atoms. The predicted octanol–water partition coefficient (Wildman–Crippen LogP) is 1.79. The van der Waals surface area contributed by atoms with Gasteiger partial charge in [0, 0.05) is 27.4 Å². The van der Waals surface area contributed by atoms with Crippen LogP contribution < -0.4 is 0 Å². The number of aromatic nitrogens is 2. The molecule has 0 radical (unpaired) electrons. The molecule has 0 aliphatic rings. The van der Waals surface area contributed by atoms with Gasteiger partial charge in [-0.2, -0.15) is 0 Å². The van der Waals surface area contributed by atoms with E-state index in [0.29, 0.717) is 4.90 Å². The highest BCUT2D eigenvalue weighted by molar-refractivity contribution is 8.14. The topological polar surface area (TPSA) is 116 Å². The molecular weight excluding hydrogens is 318 g/mol. The highest BCUT2D eigenvalue weighted by Gasteiger charge is 2.19. The highest BCUT2D eigenvalue weighted by atomic mass is 35.7. The molecule has 1 heterocycles. The van der Waals surface area contributed by atoms with Crippen molar-refractivity contribution < 1.29 is 18.0 Å². The lowest BCUT2D eigenvalue weighted by Gasteiger charge is -2.00. The average molecular weight is 324 g/mol. The third-order valence-electron chi connectivity index (χ3n) is 2.14. The molecule has 2 aromatic rings. The van der Waals surface area contributed by atoms with Gasteiger partial charge in [-0.25, -0.2) is 13.0 Å². The first-order valence-electron chi connectivity index (χ1n) is 4.83. The number of fused-ring (bicyclic) bond motifs is 1. The molecular formula is C8H6ClN3O5S2. The van der Waals surface area contributed by atoms with Crippen molar-refractivity contribution >= 4 is 48.2 Å². The summed E-state index contributed by atoms with van der Waals surface area (Å²) < 4.78 is 26.1. The fourth-order valence-electron chi connectivity index (χ4n) is 1.35. The summed E-state index contributed by atoms with van der Waals surface area (Å²) >= 11 is 1.15. The summed E-state index contributed by atoms with van der Waals surface area (Å²) in [5.74, 6) is -0.0193. The Morgan fingerprint density at radius 1 is 1.37 bits per heavy atom. The number of non-ortho nitro benzene ring substituents is 1. The van der Waals surface area contributed by atoms with Crippen LogP contribution in [0.2, 0.25) is 0 Å². The first-order chi connectivity index (χ1) is 8.88. The summed E-state index contributed by atoms with van der Waals surface area (Å²) in [6, 6.07) is 2.74. The first kappa shape index (κ1) is 14.0. The van der Waals surface area contributed by atoms with E-state index in [1.807, 2.05) is 0 Å². The Hall–Kier alpha value is -1.39. The summed E-state index contributed by atoms with van der Waals surface area (Å²) in [5.41, 5.74) is 0.0421. The molecule has 0 saturated heterocycles. The molecule has 0 N–H and O–H groups in total. The van der Waals surface area contributed by atoms with Crippen LogP contribution in [0, 0.1) is 10.1 Å². The number of thioether (sulfide) groups is 1. The Kier molecular flexibility index (Phi) is 3.92. The molecule has 102 valence electrons. The van der Waals surface area contributed by atoms with Gasteiger partial charge in [0.15, 0.2) is 5.52 Å². The minimum atomic E-state index is -3.57. The molecule has 0 aliphatic heterocycles. The van der Waals surface area contributed by atoms with Crippen molar-refractivity contribution in [3.8, 4) is 0 Å². The molecule has 8 nitrogen and oxygen atoms in total. The van der Waals surface area contributed by atoms with Crippen molar-refractivity contribution in [3.63, 3.8) is 0 Å². The molecule has 1 aromatic heterocycles. The second kappa shape index (κ2) is 5.31. The molecule has 0 fully saturated rings. The van der Waals surface area contributed by atoms with Gasteiger partial charge in [0.2, 0.25) is 14.6 Å². The maximum atomic E-state index is 10.8. The minimum Gasteiger partial charge on any atom is -0.258 e. The fourth-order valence-corrected chi connectivity index (χ4v) is 3.70. The minimum absolute atomic E-state index is 0.0312. The maximum absolute atomic E-state index is 10.8. The monoisotopic (exact) mass is 323 g/mol. The van der Waals surface area contributed by atoms with Crippen molar-refractivity contribution in [2.45, 2.75) is 4.90 Å². The number of halogens is 1. The van der Waals surface area contributed by atoms with Crippen molar-refractivity contribution in [1.29, 1.82) is 0 Å². The third-order valence-corrected chi connectivity index (χ3v) is 4.60. The second-order valence-electron chi connectivity index (χ2n) is 3.39. The molecule has 2 rings (SSSR count). The zero-order valence-electron chi connectivity index (χ0n) is 9.15. The van der Waals surface area contributed by atoms with E-state index in [1.165, 1.54) is 12.1 Å². The van der Waals surface area contributed by atoms with Gasteiger partial charge in [-0.1, -0.05) is 0 Å². The van der Waals surface area contributed by atoms with Crippen LogP contribution in [0.25, 0.3) is 11.0 Å². The van der Waals surface area contributed by atoms with Crippen molar-refractivity contribution in [2.24, 2.45) is 0 Å². The Labute approximate surface area is 115 Å². The van der Waals surface area contributed by atoms with Gasteiger partial charge in [0.05, 0.1) is 10.7 Å². The molecule has 0 aliphatic carbocycles. The van der Waals surface area contributed by atoms with Gasteiger partial charge in [0.1, 0.15) is 0 Å². The van der Waals surface area contributed by atoms with E-state index >= 15 is 0 Å². The van der Waals surface area contributed by atoms with Gasteiger partial charge in [0.25, 0.3) is 0 Å². The van der Waals surface area contributed by atoms with Crippen LogP contribution in [0.4, 0.5) is 5.69 Å². The molecule has 0 amide bonds. The van der Waals surface area contributed by atoms with Crippen molar-refractivity contribution in [2.75, 3.05) is 11.5 Å². The number of hydrogen-bond donors (Lipinski definition) is 0. The van der Waals surface area contributed by atoms with Crippen LogP contribution in [-0.2, 0) is 9.05 Å². The number of benzene rings is 1. The number of rotatable bonds is 5. The average Bonchev–Trinajstić information content (AvgIpc) is 2.76. The van der Waals surface area contributed by atoms with E-state index in [1.54, 1.807) is 0 Å². The molecule has 1 aromatic carbocycles. The van der Waals surface area contributed by atoms with Crippen LogP contribution >= 0.6 is 22.4 Å². The van der Waals surface area contributed by atoms with E-state index in [2.05, 4.69) is 14.9 Å². The van der Waals surface area contributed by atoms with Crippen molar-refractivity contribution in [1.82, 2.24) is 10.3 Å². The molecule has 0 unspecified atom stereocenters. The van der Waals surface area contributed by atoms with Crippen molar-refractivity contribution in [3.05, 3.63) is 22.2 Å². The van der Waals surface area contributed by atoms with E-state index in [9.17, 15) is 18.5 Å². The number of hydrogen-bond acceptors (Lipinski definition) is 8. The highest BCUT2D eigenvalue weighted by Crippen LogP contribution is 2.31. The van der Waals surface area contributed by atoms with Gasteiger partial charge in [-0.15, -0.1) is 11.8 Å². The van der Waals surface area contributed by atoms with E-state index in [-0.39, 0.29) is 28.2 Å². The zero-order chi connectivity index (χ0) is 14.0. The number of nitro benzene ring substituents is 1. The largest absolute Gasteiger partial charge is 0.300 e. The Balaban J connectivity index is 2.28. The van der Waals surface area contributed by atoms with Gasteiger partial charge in [-0.3, -0.25) is 10.1 Å². The smallest absolute Gasteiger partial charge is 0.258 e. The lowest BCUT2D eigenvalue weighted by atomic mass is 10.3. The lowest BCUT2D eigenvalue weighted by Crippen LogP contribution is -1.99. The Morgan fingerprint density at radius 3 is 2.68 bits per heavy atom. The summed E-state index contributed by atoms with van der Waals surface area (Å²) in [5, 5.41) is 17.8. The first-order valence-corrected chi connectivity index (χ1v) is 8.29. The van der Waals surface area contributed by atoms with Gasteiger partial charge < -0.3 is 0 Å². The normalized spacial score (nSPS) is 11.8. The van der Waals surface area contributed by atoms with Crippen LogP contribution in [0.5, 0.6) is 0 Å². The number of nitro groups is 1. The quantitative estimate of drug-likeness (QED) is 0.354. The van der Waals surface area contributed by atoms with Crippen LogP contribution in [0.15, 0.2) is 21.7 Å². The Morgan fingerprint density at radius 2 is 2.05 bits per heavy atom. The zero-order valence-corrected chi connectivity index (χ0v) is 11.5. The SMILES string of the molecule is O=[N+]([O-])c1ccc(SCCS(=O)(=O)Cl)c2nonc12. The van der Waals surface area contributed by atoms with E-state index < -0.39 is 14.0 Å². The van der Waals surface area contributed by atoms with Crippen LogP contribution in [0.1, 0.15) is 0 Å². The molecule has 0 bridgehead atoms. The fraction of sp³-hybridized carbons (Fsp3) is 0.250. The summed E-state index contributed by atoms with van der Waals surface area (Å²) in [6.07, 6.45) is 0. The van der Waals surface area contributed by atoms with Crippen LogP contribution in [-0.4, -0.2) is 35.2 Å². The summed E-state index contributed by atoms with van der Waals surface area (Å²) in [6.45, 7) is 0. The Bertz CT molecular complexity index is 729. The van der Waals surface area contributed by atoms with E-state index in [0.717, 1.165) is 11.8 Å². The second-order valence-corrected chi connectivity index (χ2v) is 7.43. The summed E-state index contributed by atoms with van der Waals surface area (Å²) in [7, 11) is 1.51. The number of nitrogens with zero attached hydrogens (tertiary/aromatic N) is 3. The van der Waals surface area contributed by atoms with E-state index in [4.69, 9.17) is 10.7 Å². The predicted molar refractivity (Wildman–Crippen MR) is 68.8 cm³/mol. The maximum Gasteiger partial charge on any atom is 0.300 e. The standard InChI is InChI=1S/C8H6ClN3O5S2/c9-19(15,16)4-3-18-6-2-1-5(12(13)14)7-8(6)11-17-10-7/h1-2H,3-4H2. The third kappa shape index (κ3) is 3.33.